The third-order valence-electron chi connectivity index (χ3n) is 6.01. The first-order chi connectivity index (χ1) is 14.1. The molecule has 2 heterocycles. The van der Waals surface area contributed by atoms with Gasteiger partial charge in [0.1, 0.15) is 0 Å². The van der Waals surface area contributed by atoms with E-state index in [9.17, 15) is 22.0 Å². The Bertz CT molecular complexity index is 1090. The standard InChI is InChI=1S/C19H22F2N4O4S/c1-3-30(27,28)24-14-7-13-9-25(17(26)12-4-5-15(20)16(21)6-12)10-19(13,8-14)18-22-11(2)23-29-18/h4-6,13-14,24H,3,7-10H2,1-2H3/t13?,14-,19+/m1/s1. The minimum atomic E-state index is -3.39. The Morgan fingerprint density at radius 1 is 1.37 bits per heavy atom. The number of hydrogen-bond acceptors (Lipinski definition) is 6. The Morgan fingerprint density at radius 3 is 2.77 bits per heavy atom. The Morgan fingerprint density at radius 2 is 2.13 bits per heavy atom. The van der Waals surface area contributed by atoms with Crippen LogP contribution >= 0.6 is 0 Å². The van der Waals surface area contributed by atoms with Crippen molar-refractivity contribution in [1.29, 1.82) is 0 Å². The zero-order valence-corrected chi connectivity index (χ0v) is 17.4. The van der Waals surface area contributed by atoms with E-state index in [2.05, 4.69) is 14.9 Å². The van der Waals surface area contributed by atoms with E-state index < -0.39 is 33.0 Å². The summed E-state index contributed by atoms with van der Waals surface area (Å²) in [6.45, 7) is 3.80. The molecule has 2 fully saturated rings. The van der Waals surface area contributed by atoms with Crippen LogP contribution in [0.3, 0.4) is 0 Å². The minimum Gasteiger partial charge on any atom is -0.339 e. The summed E-state index contributed by atoms with van der Waals surface area (Å²) in [6, 6.07) is 2.74. The number of hydrogen-bond donors (Lipinski definition) is 1. The molecule has 162 valence electrons. The van der Waals surface area contributed by atoms with Crippen LogP contribution in [0.5, 0.6) is 0 Å². The maximum absolute atomic E-state index is 13.6. The van der Waals surface area contributed by atoms with E-state index in [4.69, 9.17) is 4.52 Å². The van der Waals surface area contributed by atoms with Crippen LogP contribution in [0.4, 0.5) is 8.78 Å². The van der Waals surface area contributed by atoms with Crippen molar-refractivity contribution in [2.75, 3.05) is 18.8 Å². The molecule has 1 saturated heterocycles. The number of nitrogens with zero attached hydrogens (tertiary/aromatic N) is 3. The summed E-state index contributed by atoms with van der Waals surface area (Å²) in [6.07, 6.45) is 0.905. The monoisotopic (exact) mass is 440 g/mol. The van der Waals surface area contributed by atoms with Crippen molar-refractivity contribution >= 4 is 15.9 Å². The number of sulfonamides is 1. The van der Waals surface area contributed by atoms with E-state index in [0.717, 1.165) is 12.1 Å². The van der Waals surface area contributed by atoms with E-state index in [1.54, 1.807) is 18.7 Å². The van der Waals surface area contributed by atoms with E-state index >= 15 is 0 Å². The zero-order valence-electron chi connectivity index (χ0n) is 16.6. The fourth-order valence-corrected chi connectivity index (χ4v) is 5.45. The van der Waals surface area contributed by atoms with Gasteiger partial charge in [-0.3, -0.25) is 4.79 Å². The number of benzene rings is 1. The lowest BCUT2D eigenvalue weighted by atomic mass is 9.80. The summed E-state index contributed by atoms with van der Waals surface area (Å²) < 4.78 is 59.1. The molecular formula is C19H22F2N4O4S. The molecule has 1 aromatic heterocycles. The van der Waals surface area contributed by atoms with Crippen molar-refractivity contribution in [2.24, 2.45) is 5.92 Å². The van der Waals surface area contributed by atoms with Crippen LogP contribution in [0, 0.1) is 24.5 Å². The zero-order chi connectivity index (χ0) is 21.7. The van der Waals surface area contributed by atoms with Gasteiger partial charge < -0.3 is 9.42 Å². The quantitative estimate of drug-likeness (QED) is 0.760. The molecule has 1 aliphatic heterocycles. The SMILES string of the molecule is CCS(=O)(=O)N[C@@H]1CC2CN(C(=O)c3ccc(F)c(F)c3)C[C@@]2(c2nc(C)no2)C1. The summed E-state index contributed by atoms with van der Waals surface area (Å²) in [5.41, 5.74) is -0.648. The highest BCUT2D eigenvalue weighted by Crippen LogP contribution is 2.50. The number of nitrogens with one attached hydrogen (secondary N) is 1. The fourth-order valence-electron chi connectivity index (χ4n) is 4.60. The fraction of sp³-hybridized carbons (Fsp3) is 0.526. The van der Waals surface area contributed by atoms with Crippen molar-refractivity contribution in [3.05, 3.63) is 47.1 Å². The molecule has 8 nitrogen and oxygen atoms in total. The van der Waals surface area contributed by atoms with Gasteiger partial charge in [-0.2, -0.15) is 4.98 Å². The topological polar surface area (TPSA) is 105 Å². The van der Waals surface area contributed by atoms with E-state index in [-0.39, 0.29) is 29.8 Å². The molecule has 1 amide bonds. The van der Waals surface area contributed by atoms with Crippen LogP contribution in [0.2, 0.25) is 0 Å². The molecule has 0 spiro atoms. The van der Waals surface area contributed by atoms with Crippen LogP contribution in [0.1, 0.15) is 41.8 Å². The molecule has 1 unspecified atom stereocenters. The van der Waals surface area contributed by atoms with Gasteiger partial charge in [-0.05, 0) is 50.8 Å². The average Bonchev–Trinajstić information content (AvgIpc) is 3.35. The summed E-state index contributed by atoms with van der Waals surface area (Å²) in [5, 5.41) is 3.86. The predicted octanol–water partition coefficient (Wildman–Crippen LogP) is 1.77. The summed E-state index contributed by atoms with van der Waals surface area (Å²) in [5.74, 6) is -1.86. The molecule has 2 aliphatic rings. The van der Waals surface area contributed by atoms with Gasteiger partial charge in [0.15, 0.2) is 17.5 Å². The van der Waals surface area contributed by atoms with E-state index in [1.807, 2.05) is 0 Å². The molecule has 4 rings (SSSR count). The van der Waals surface area contributed by atoms with Gasteiger partial charge in [-0.1, -0.05) is 5.16 Å². The molecule has 11 heteroatoms. The Kier molecular flexibility index (Phi) is 5.13. The largest absolute Gasteiger partial charge is 0.339 e. The number of amides is 1. The lowest BCUT2D eigenvalue weighted by Gasteiger charge is -2.25. The highest BCUT2D eigenvalue weighted by Gasteiger charge is 2.58. The molecule has 30 heavy (non-hydrogen) atoms. The average molecular weight is 440 g/mol. The Hall–Kier alpha value is -2.40. The van der Waals surface area contributed by atoms with Gasteiger partial charge in [0.25, 0.3) is 5.91 Å². The maximum atomic E-state index is 13.6. The molecule has 2 aromatic rings. The second-order valence-electron chi connectivity index (χ2n) is 7.97. The maximum Gasteiger partial charge on any atom is 0.254 e. The van der Waals surface area contributed by atoms with Crippen molar-refractivity contribution in [3.8, 4) is 0 Å². The van der Waals surface area contributed by atoms with E-state index in [0.29, 0.717) is 31.1 Å². The van der Waals surface area contributed by atoms with Crippen LogP contribution in [-0.2, 0) is 15.4 Å². The predicted molar refractivity (Wildman–Crippen MR) is 102 cm³/mol. The minimum absolute atomic E-state index is 0.0262. The number of likely N-dealkylation sites (tertiary alicyclic amines) is 1. The summed E-state index contributed by atoms with van der Waals surface area (Å²) in [7, 11) is -3.39. The normalized spacial score (nSPS) is 26.2. The van der Waals surface area contributed by atoms with E-state index in [1.165, 1.54) is 6.07 Å². The third-order valence-corrected chi connectivity index (χ3v) is 7.46. The van der Waals surface area contributed by atoms with Gasteiger partial charge >= 0.3 is 0 Å². The molecule has 1 aliphatic carbocycles. The van der Waals surface area contributed by atoms with Gasteiger partial charge in [0.2, 0.25) is 15.9 Å². The Labute approximate surface area is 172 Å². The number of halogens is 2. The van der Waals surface area contributed by atoms with Crippen LogP contribution in [-0.4, -0.2) is 54.2 Å². The number of rotatable bonds is 5. The molecule has 1 aromatic carbocycles. The lowest BCUT2D eigenvalue weighted by molar-refractivity contribution is 0.0772. The first-order valence-electron chi connectivity index (χ1n) is 9.68. The smallest absolute Gasteiger partial charge is 0.254 e. The van der Waals surface area contributed by atoms with Crippen molar-refractivity contribution in [3.63, 3.8) is 0 Å². The number of carbonyl (C=O) groups is 1. The summed E-state index contributed by atoms with van der Waals surface area (Å²) >= 11 is 0. The second kappa shape index (κ2) is 7.38. The van der Waals surface area contributed by atoms with Crippen LogP contribution < -0.4 is 4.72 Å². The molecule has 0 bridgehead atoms. The molecule has 1 saturated carbocycles. The third kappa shape index (κ3) is 3.60. The molecule has 0 radical (unpaired) electrons. The number of fused-ring (bicyclic) bond motifs is 1. The molecule has 1 N–H and O–H groups in total. The molecule has 3 atom stereocenters. The Balaban J connectivity index is 1.62. The first kappa shape index (κ1) is 20.9. The number of aryl methyl sites for hydroxylation is 1. The van der Waals surface area contributed by atoms with Gasteiger partial charge in [0.05, 0.1) is 11.2 Å². The van der Waals surface area contributed by atoms with Crippen molar-refractivity contribution in [2.45, 2.75) is 38.1 Å². The first-order valence-corrected chi connectivity index (χ1v) is 11.3. The van der Waals surface area contributed by atoms with Gasteiger partial charge in [-0.25, -0.2) is 21.9 Å². The van der Waals surface area contributed by atoms with Gasteiger partial charge in [-0.15, -0.1) is 0 Å². The molecular weight excluding hydrogens is 418 g/mol. The highest BCUT2D eigenvalue weighted by atomic mass is 32.2. The highest BCUT2D eigenvalue weighted by molar-refractivity contribution is 7.89. The number of aromatic nitrogens is 2. The van der Waals surface area contributed by atoms with Crippen LogP contribution in [0.15, 0.2) is 22.7 Å². The van der Waals surface area contributed by atoms with Crippen LogP contribution in [0.25, 0.3) is 0 Å². The van der Waals surface area contributed by atoms with Crippen molar-refractivity contribution < 1.29 is 26.5 Å². The number of carbonyl (C=O) groups excluding carboxylic acids is 1. The lowest BCUT2D eigenvalue weighted by Crippen LogP contribution is -2.40. The summed E-state index contributed by atoms with van der Waals surface area (Å²) in [4.78, 5) is 18.9. The second-order valence-corrected chi connectivity index (χ2v) is 10.0. The van der Waals surface area contributed by atoms with Gasteiger partial charge in [0, 0.05) is 24.7 Å². The van der Waals surface area contributed by atoms with Crippen molar-refractivity contribution in [1.82, 2.24) is 19.8 Å².